The van der Waals surface area contributed by atoms with E-state index in [1.54, 1.807) is 26.4 Å². The molecule has 3 rings (SSSR count). The van der Waals surface area contributed by atoms with Crippen LogP contribution in [0.4, 0.5) is 11.4 Å². The molecule has 7 heteroatoms. The minimum absolute atomic E-state index is 0.255. The lowest BCUT2D eigenvalue weighted by atomic mass is 10.1. The van der Waals surface area contributed by atoms with Crippen molar-refractivity contribution in [3.05, 3.63) is 53.1 Å². The van der Waals surface area contributed by atoms with E-state index >= 15 is 0 Å². The fraction of sp³-hybridized carbons (Fsp3) is 0.286. The maximum Gasteiger partial charge on any atom is 0.248 e. The van der Waals surface area contributed by atoms with Crippen LogP contribution in [-0.2, 0) is 9.53 Å². The zero-order chi connectivity index (χ0) is 19.9. The summed E-state index contributed by atoms with van der Waals surface area (Å²) in [5, 5.41) is 3.52. The van der Waals surface area contributed by atoms with Gasteiger partial charge in [0.1, 0.15) is 11.5 Å². The number of hydrogen-bond donors (Lipinski definition) is 1. The standard InChI is InChI=1S/C21H23ClN2O4/c1-26-16-8-6-15(19(14-16)27-2)7-9-20(25)23-18-5-3-4-17(22)21(18)24-10-12-28-13-11-24/h3-9,14H,10-13H2,1-2H3,(H,23,25)/b9-7+. The van der Waals surface area contributed by atoms with Gasteiger partial charge in [-0.1, -0.05) is 17.7 Å². The highest BCUT2D eigenvalue weighted by Gasteiger charge is 2.18. The molecule has 1 aliphatic rings. The molecule has 1 heterocycles. The van der Waals surface area contributed by atoms with Gasteiger partial charge in [0.05, 0.1) is 43.8 Å². The molecule has 0 spiro atoms. The van der Waals surface area contributed by atoms with E-state index in [-0.39, 0.29) is 5.91 Å². The molecule has 1 N–H and O–H groups in total. The number of nitrogens with one attached hydrogen (secondary N) is 1. The summed E-state index contributed by atoms with van der Waals surface area (Å²) in [6.45, 7) is 2.72. The fourth-order valence-electron chi connectivity index (χ4n) is 3.02. The van der Waals surface area contributed by atoms with Crippen LogP contribution >= 0.6 is 11.6 Å². The second kappa shape index (κ2) is 9.48. The van der Waals surface area contributed by atoms with Gasteiger partial charge >= 0.3 is 0 Å². The van der Waals surface area contributed by atoms with Gasteiger partial charge in [0, 0.05) is 30.8 Å². The van der Waals surface area contributed by atoms with Gasteiger partial charge in [-0.2, -0.15) is 0 Å². The lowest BCUT2D eigenvalue weighted by Gasteiger charge is -2.31. The Morgan fingerprint density at radius 2 is 1.96 bits per heavy atom. The van der Waals surface area contributed by atoms with Gasteiger partial charge in [-0.3, -0.25) is 4.79 Å². The van der Waals surface area contributed by atoms with Crippen LogP contribution in [0.3, 0.4) is 0 Å². The van der Waals surface area contributed by atoms with Crippen LogP contribution in [0, 0.1) is 0 Å². The summed E-state index contributed by atoms with van der Waals surface area (Å²) in [5.74, 6) is 1.06. The average Bonchev–Trinajstić information content (AvgIpc) is 2.73. The Balaban J connectivity index is 1.77. The third-order valence-electron chi connectivity index (χ3n) is 4.43. The van der Waals surface area contributed by atoms with Gasteiger partial charge in [0.15, 0.2) is 0 Å². The molecule has 1 saturated heterocycles. The number of para-hydroxylation sites is 1. The number of anilines is 2. The smallest absolute Gasteiger partial charge is 0.248 e. The molecule has 0 radical (unpaired) electrons. The van der Waals surface area contributed by atoms with E-state index in [4.69, 9.17) is 25.8 Å². The molecule has 2 aromatic carbocycles. The molecular formula is C21H23ClN2O4. The Hall–Kier alpha value is -2.70. The molecule has 1 amide bonds. The Bertz CT molecular complexity index is 863. The molecule has 1 aliphatic heterocycles. The maximum atomic E-state index is 12.5. The number of rotatable bonds is 6. The summed E-state index contributed by atoms with van der Waals surface area (Å²) in [6.07, 6.45) is 3.17. The predicted molar refractivity (Wildman–Crippen MR) is 112 cm³/mol. The summed E-state index contributed by atoms with van der Waals surface area (Å²) in [7, 11) is 3.17. The molecule has 2 aromatic rings. The van der Waals surface area contributed by atoms with E-state index in [0.717, 1.165) is 24.3 Å². The van der Waals surface area contributed by atoms with Crippen LogP contribution < -0.4 is 19.7 Å². The Kier molecular flexibility index (Phi) is 6.79. The van der Waals surface area contributed by atoms with Gasteiger partial charge in [-0.05, 0) is 30.3 Å². The van der Waals surface area contributed by atoms with Gasteiger partial charge < -0.3 is 24.4 Å². The van der Waals surface area contributed by atoms with Gasteiger partial charge in [0.2, 0.25) is 5.91 Å². The summed E-state index contributed by atoms with van der Waals surface area (Å²) in [5.41, 5.74) is 2.26. The van der Waals surface area contributed by atoms with Crippen LogP contribution in [0.15, 0.2) is 42.5 Å². The van der Waals surface area contributed by atoms with E-state index in [1.165, 1.54) is 6.08 Å². The highest BCUT2D eigenvalue weighted by atomic mass is 35.5. The first-order valence-corrected chi connectivity index (χ1v) is 9.32. The lowest BCUT2D eigenvalue weighted by molar-refractivity contribution is -0.111. The average molecular weight is 403 g/mol. The van der Waals surface area contributed by atoms with E-state index in [2.05, 4.69) is 10.2 Å². The molecule has 28 heavy (non-hydrogen) atoms. The van der Waals surface area contributed by atoms with Crippen LogP contribution in [0.1, 0.15) is 5.56 Å². The Morgan fingerprint density at radius 1 is 1.18 bits per heavy atom. The molecule has 0 atom stereocenters. The van der Waals surface area contributed by atoms with Gasteiger partial charge in [-0.25, -0.2) is 0 Å². The fourth-order valence-corrected chi connectivity index (χ4v) is 3.31. The molecule has 0 saturated carbocycles. The van der Waals surface area contributed by atoms with Crippen LogP contribution in [0.5, 0.6) is 11.5 Å². The van der Waals surface area contributed by atoms with Crippen molar-refractivity contribution in [2.24, 2.45) is 0 Å². The number of amides is 1. The van der Waals surface area contributed by atoms with E-state index in [9.17, 15) is 4.79 Å². The molecule has 0 bridgehead atoms. The van der Waals surface area contributed by atoms with Crippen molar-refractivity contribution in [2.45, 2.75) is 0 Å². The van der Waals surface area contributed by atoms with Crippen LogP contribution in [-0.4, -0.2) is 46.4 Å². The van der Waals surface area contributed by atoms with E-state index < -0.39 is 0 Å². The molecule has 0 unspecified atom stereocenters. The first kappa shape index (κ1) is 20.0. The predicted octanol–water partition coefficient (Wildman–Crippen LogP) is 3.85. The second-order valence-corrected chi connectivity index (χ2v) is 6.57. The number of morpholine rings is 1. The zero-order valence-electron chi connectivity index (χ0n) is 15.9. The highest BCUT2D eigenvalue weighted by molar-refractivity contribution is 6.34. The van der Waals surface area contributed by atoms with Crippen LogP contribution in [0.25, 0.3) is 6.08 Å². The number of ether oxygens (including phenoxy) is 3. The van der Waals surface area contributed by atoms with Crippen molar-refractivity contribution in [3.8, 4) is 11.5 Å². The summed E-state index contributed by atoms with van der Waals surface area (Å²) in [4.78, 5) is 14.6. The molecule has 6 nitrogen and oxygen atoms in total. The summed E-state index contributed by atoms with van der Waals surface area (Å²) in [6, 6.07) is 10.9. The van der Waals surface area contributed by atoms with Crippen molar-refractivity contribution < 1.29 is 19.0 Å². The molecular weight excluding hydrogens is 380 g/mol. The largest absolute Gasteiger partial charge is 0.497 e. The number of carbonyl (C=O) groups is 1. The number of carbonyl (C=O) groups excluding carboxylic acids is 1. The van der Waals surface area contributed by atoms with Crippen molar-refractivity contribution in [2.75, 3.05) is 50.7 Å². The topological polar surface area (TPSA) is 60.0 Å². The summed E-state index contributed by atoms with van der Waals surface area (Å²) >= 11 is 6.41. The quantitative estimate of drug-likeness (QED) is 0.744. The normalized spacial score (nSPS) is 14.2. The van der Waals surface area contributed by atoms with E-state index in [0.29, 0.717) is 35.4 Å². The SMILES string of the molecule is COc1ccc(/C=C/C(=O)Nc2cccc(Cl)c2N2CCOCC2)c(OC)c1. The van der Waals surface area contributed by atoms with Gasteiger partial charge in [-0.15, -0.1) is 0 Å². The third-order valence-corrected chi connectivity index (χ3v) is 4.73. The Morgan fingerprint density at radius 3 is 2.68 bits per heavy atom. The number of benzene rings is 2. The molecule has 1 fully saturated rings. The summed E-state index contributed by atoms with van der Waals surface area (Å²) < 4.78 is 15.9. The first-order valence-electron chi connectivity index (χ1n) is 8.94. The zero-order valence-corrected chi connectivity index (χ0v) is 16.7. The second-order valence-electron chi connectivity index (χ2n) is 6.17. The van der Waals surface area contributed by atoms with Crippen LogP contribution in [0.2, 0.25) is 5.02 Å². The molecule has 148 valence electrons. The lowest BCUT2D eigenvalue weighted by Crippen LogP contribution is -2.37. The van der Waals surface area contributed by atoms with Crippen molar-refractivity contribution in [1.29, 1.82) is 0 Å². The minimum atomic E-state index is -0.255. The number of halogens is 1. The highest BCUT2D eigenvalue weighted by Crippen LogP contribution is 2.34. The van der Waals surface area contributed by atoms with Crippen molar-refractivity contribution in [3.63, 3.8) is 0 Å². The number of nitrogens with zero attached hydrogens (tertiary/aromatic N) is 1. The van der Waals surface area contributed by atoms with Crippen molar-refractivity contribution in [1.82, 2.24) is 0 Å². The first-order chi connectivity index (χ1) is 13.6. The van der Waals surface area contributed by atoms with E-state index in [1.807, 2.05) is 30.3 Å². The maximum absolute atomic E-state index is 12.5. The molecule has 0 aromatic heterocycles. The monoisotopic (exact) mass is 402 g/mol. The van der Waals surface area contributed by atoms with Gasteiger partial charge in [0.25, 0.3) is 0 Å². The minimum Gasteiger partial charge on any atom is -0.497 e. The third kappa shape index (κ3) is 4.77. The Labute approximate surface area is 169 Å². The molecule has 0 aliphatic carbocycles. The number of methoxy groups -OCH3 is 2. The number of hydrogen-bond acceptors (Lipinski definition) is 5. The van der Waals surface area contributed by atoms with Crippen molar-refractivity contribution >= 4 is 35.0 Å².